The van der Waals surface area contributed by atoms with E-state index in [0.717, 1.165) is 6.42 Å². The molecule has 3 heterocycles. The number of rotatable bonds is 5. The summed E-state index contributed by atoms with van der Waals surface area (Å²) in [6.07, 6.45) is 3.40. The SMILES string of the molecule is C1=C(n2c3ccccc3c3cc(-c4cccc5c4c4ccccc4n5-c4ccccc4)ccc32)CC(c2ccc(-c3ccccc3)cc2)c2sc3ccccc3c21. The van der Waals surface area contributed by atoms with E-state index in [0.29, 0.717) is 0 Å². The van der Waals surface area contributed by atoms with Gasteiger partial charge in [0.05, 0.1) is 22.1 Å². The Kier molecular flexibility index (Phi) is 7.26. The summed E-state index contributed by atoms with van der Waals surface area (Å²) >= 11 is 1.96. The average Bonchev–Trinajstić information content (AvgIpc) is 3.94. The van der Waals surface area contributed by atoms with E-state index in [4.69, 9.17) is 0 Å². The fourth-order valence-electron chi connectivity index (χ4n) is 9.55. The average molecular weight is 745 g/mol. The van der Waals surface area contributed by atoms with Gasteiger partial charge in [-0.3, -0.25) is 0 Å². The van der Waals surface area contributed by atoms with Gasteiger partial charge in [-0.05, 0) is 94.4 Å². The lowest BCUT2D eigenvalue weighted by atomic mass is 9.85. The minimum atomic E-state index is 0.247. The van der Waals surface area contributed by atoms with E-state index in [1.54, 1.807) is 0 Å². The monoisotopic (exact) mass is 744 g/mol. The molecule has 11 aromatic rings. The van der Waals surface area contributed by atoms with Crippen molar-refractivity contribution < 1.29 is 0 Å². The second-order valence-corrected chi connectivity index (χ2v) is 16.3. The van der Waals surface area contributed by atoms with Crippen molar-refractivity contribution >= 4 is 76.8 Å². The van der Waals surface area contributed by atoms with E-state index in [-0.39, 0.29) is 5.92 Å². The number of allylic oxidation sites excluding steroid dienone is 1. The van der Waals surface area contributed by atoms with Gasteiger partial charge in [0.2, 0.25) is 0 Å². The molecule has 1 atom stereocenters. The molecule has 0 saturated carbocycles. The third-order valence-corrected chi connectivity index (χ3v) is 13.4. The maximum atomic E-state index is 2.55. The van der Waals surface area contributed by atoms with Crippen LogP contribution in [0.25, 0.3) is 93.4 Å². The van der Waals surface area contributed by atoms with E-state index in [2.05, 4.69) is 209 Å². The first kappa shape index (κ1) is 32.3. The highest BCUT2D eigenvalue weighted by Crippen LogP contribution is 2.49. The highest BCUT2D eigenvalue weighted by Gasteiger charge is 2.29. The molecule has 8 aromatic carbocycles. The predicted molar refractivity (Wildman–Crippen MR) is 244 cm³/mol. The second kappa shape index (κ2) is 12.8. The van der Waals surface area contributed by atoms with Gasteiger partial charge >= 0.3 is 0 Å². The molecule has 0 N–H and O–H groups in total. The van der Waals surface area contributed by atoms with Gasteiger partial charge in [-0.1, -0.05) is 146 Å². The van der Waals surface area contributed by atoms with Crippen LogP contribution in [0.1, 0.15) is 28.3 Å². The van der Waals surface area contributed by atoms with Crippen LogP contribution >= 0.6 is 11.3 Å². The lowest BCUT2D eigenvalue weighted by Crippen LogP contribution is -2.10. The van der Waals surface area contributed by atoms with E-state index in [1.807, 2.05) is 11.3 Å². The Bertz CT molecular complexity index is 3360. The van der Waals surface area contributed by atoms with Crippen molar-refractivity contribution in [3.05, 3.63) is 210 Å². The Morgan fingerprint density at radius 3 is 1.86 bits per heavy atom. The molecule has 0 saturated heterocycles. The Morgan fingerprint density at radius 2 is 1.05 bits per heavy atom. The molecule has 0 spiro atoms. The largest absolute Gasteiger partial charge is 0.313 e. The maximum absolute atomic E-state index is 2.55. The summed E-state index contributed by atoms with van der Waals surface area (Å²) in [7, 11) is 0. The topological polar surface area (TPSA) is 9.86 Å². The third-order valence-electron chi connectivity index (χ3n) is 12.1. The van der Waals surface area contributed by atoms with Crippen LogP contribution in [-0.2, 0) is 0 Å². The molecule has 1 aliphatic carbocycles. The van der Waals surface area contributed by atoms with E-state index < -0.39 is 0 Å². The molecule has 0 amide bonds. The zero-order valence-corrected chi connectivity index (χ0v) is 32.0. The summed E-state index contributed by atoms with van der Waals surface area (Å²) < 4.78 is 6.31. The van der Waals surface area contributed by atoms with Gasteiger partial charge in [-0.15, -0.1) is 11.3 Å². The van der Waals surface area contributed by atoms with Crippen molar-refractivity contribution in [3.63, 3.8) is 0 Å². The number of hydrogen-bond donors (Lipinski definition) is 0. The Hall–Kier alpha value is -6.94. The number of hydrogen-bond acceptors (Lipinski definition) is 1. The Morgan fingerprint density at radius 1 is 0.439 bits per heavy atom. The minimum absolute atomic E-state index is 0.247. The first-order chi connectivity index (χ1) is 28.3. The van der Waals surface area contributed by atoms with Crippen LogP contribution in [0.2, 0.25) is 0 Å². The molecular weight excluding hydrogens is 709 g/mol. The lowest BCUT2D eigenvalue weighted by Gasteiger charge is -2.26. The summed E-state index contributed by atoms with van der Waals surface area (Å²) in [6, 6.07) is 71.4. The van der Waals surface area contributed by atoms with Crippen LogP contribution in [0.4, 0.5) is 0 Å². The predicted octanol–water partition coefficient (Wildman–Crippen LogP) is 15.0. The van der Waals surface area contributed by atoms with Gasteiger partial charge in [0.25, 0.3) is 0 Å². The second-order valence-electron chi connectivity index (χ2n) is 15.2. The molecule has 0 radical (unpaired) electrons. The fraction of sp³-hybridized carbons (Fsp3) is 0.0370. The van der Waals surface area contributed by atoms with Crippen molar-refractivity contribution in [1.29, 1.82) is 0 Å². The van der Waals surface area contributed by atoms with Crippen LogP contribution in [0.15, 0.2) is 194 Å². The van der Waals surface area contributed by atoms with E-state index in [9.17, 15) is 0 Å². The van der Waals surface area contributed by atoms with Gasteiger partial charge in [0.15, 0.2) is 0 Å². The molecule has 0 fully saturated rings. The van der Waals surface area contributed by atoms with Gasteiger partial charge in [0, 0.05) is 53.8 Å². The first-order valence-electron chi connectivity index (χ1n) is 19.8. The Balaban J connectivity index is 1.04. The van der Waals surface area contributed by atoms with Crippen molar-refractivity contribution in [3.8, 4) is 27.9 Å². The standard InChI is InChI=1S/C54H36N2S/c1-3-14-35(15-4-1)36-26-28-37(29-27-36)45-33-40(34-47-43-19-9-12-25-52(43)57-54(45)47)56-48-22-10-7-18-42(48)46-32-38(30-31-50(46)56)41-21-13-24-51-53(41)44-20-8-11-23-49(44)55(51)39-16-5-2-6-17-39/h1-32,34,45H,33H2. The summed E-state index contributed by atoms with van der Waals surface area (Å²) in [6.45, 7) is 0. The number of benzene rings is 8. The van der Waals surface area contributed by atoms with Crippen LogP contribution in [0.5, 0.6) is 0 Å². The van der Waals surface area contributed by atoms with Gasteiger partial charge in [-0.25, -0.2) is 0 Å². The van der Waals surface area contributed by atoms with Crippen molar-refractivity contribution in [2.45, 2.75) is 12.3 Å². The smallest absolute Gasteiger partial charge is 0.0547 e. The lowest BCUT2D eigenvalue weighted by molar-refractivity contribution is 0.826. The number of fused-ring (bicyclic) bond motifs is 9. The normalized spacial score (nSPS) is 14.2. The highest BCUT2D eigenvalue weighted by atomic mass is 32.1. The molecule has 12 rings (SSSR count). The number of thiophene rings is 1. The molecule has 268 valence electrons. The minimum Gasteiger partial charge on any atom is -0.313 e. The highest BCUT2D eigenvalue weighted by molar-refractivity contribution is 7.19. The summed E-state index contributed by atoms with van der Waals surface area (Å²) in [5.41, 5.74) is 15.1. The van der Waals surface area contributed by atoms with Crippen LogP contribution in [-0.4, -0.2) is 9.13 Å². The number of nitrogens with zero attached hydrogens (tertiary/aromatic N) is 2. The van der Waals surface area contributed by atoms with E-state index >= 15 is 0 Å². The third kappa shape index (κ3) is 5.02. The summed E-state index contributed by atoms with van der Waals surface area (Å²) in [4.78, 5) is 1.46. The van der Waals surface area contributed by atoms with E-state index in [1.165, 1.54) is 103 Å². The Labute approximate surface area is 334 Å². The molecule has 1 unspecified atom stereocenters. The number of aromatic nitrogens is 2. The fourth-order valence-corrected chi connectivity index (χ4v) is 10.9. The van der Waals surface area contributed by atoms with Crippen molar-refractivity contribution in [1.82, 2.24) is 9.13 Å². The molecule has 3 heteroatoms. The quantitative estimate of drug-likeness (QED) is 0.166. The molecule has 0 aliphatic heterocycles. The molecule has 1 aliphatic rings. The number of para-hydroxylation sites is 3. The molecule has 2 nitrogen and oxygen atoms in total. The summed E-state index contributed by atoms with van der Waals surface area (Å²) in [5.74, 6) is 0.247. The zero-order valence-electron chi connectivity index (χ0n) is 31.1. The van der Waals surface area contributed by atoms with Gasteiger partial charge in [0.1, 0.15) is 0 Å². The molecule has 57 heavy (non-hydrogen) atoms. The first-order valence-corrected chi connectivity index (χ1v) is 20.6. The maximum Gasteiger partial charge on any atom is 0.0547 e. The van der Waals surface area contributed by atoms with Crippen molar-refractivity contribution in [2.75, 3.05) is 0 Å². The van der Waals surface area contributed by atoms with Crippen LogP contribution in [0, 0.1) is 0 Å². The van der Waals surface area contributed by atoms with Crippen molar-refractivity contribution in [2.24, 2.45) is 0 Å². The van der Waals surface area contributed by atoms with Gasteiger partial charge in [-0.2, -0.15) is 0 Å². The van der Waals surface area contributed by atoms with Crippen LogP contribution in [0.3, 0.4) is 0 Å². The molecule has 0 bridgehead atoms. The zero-order chi connectivity index (χ0) is 37.5. The van der Waals surface area contributed by atoms with Crippen LogP contribution < -0.4 is 0 Å². The molecular formula is C54H36N2S. The summed E-state index contributed by atoms with van der Waals surface area (Å²) in [5, 5.41) is 6.44. The molecule has 3 aromatic heterocycles. The van der Waals surface area contributed by atoms with Gasteiger partial charge < -0.3 is 9.13 Å².